The Morgan fingerprint density at radius 1 is 1.06 bits per heavy atom. The molecule has 0 spiro atoms. The fourth-order valence-corrected chi connectivity index (χ4v) is 3.58. The molecule has 0 radical (unpaired) electrons. The fourth-order valence-electron chi connectivity index (χ4n) is 3.58. The Labute approximate surface area is 196 Å². The van der Waals surface area contributed by atoms with Gasteiger partial charge in [-0.2, -0.15) is 13.2 Å². The molecule has 0 aliphatic rings. The molecule has 1 aromatic heterocycles. The Morgan fingerprint density at radius 2 is 1.85 bits per heavy atom. The zero-order valence-corrected chi connectivity index (χ0v) is 19.1. The summed E-state index contributed by atoms with van der Waals surface area (Å²) in [5.74, 6) is 0.542. The minimum atomic E-state index is -4.40. The van der Waals surface area contributed by atoms with E-state index in [1.165, 1.54) is 13.2 Å². The first-order valence-corrected chi connectivity index (χ1v) is 10.8. The second-order valence-electron chi connectivity index (χ2n) is 7.72. The number of benzene rings is 2. The molecule has 182 valence electrons. The molecule has 9 heteroatoms. The summed E-state index contributed by atoms with van der Waals surface area (Å²) in [5.41, 5.74) is 1.18. The molecule has 0 aliphatic carbocycles. The molecular formula is C25H28F3N3O3. The molecule has 0 fully saturated rings. The normalized spacial score (nSPS) is 11.3. The second kappa shape index (κ2) is 11.6. The van der Waals surface area contributed by atoms with Gasteiger partial charge in [-0.25, -0.2) is 4.79 Å². The number of methoxy groups -OCH3 is 2. The smallest absolute Gasteiger partial charge is 0.416 e. The van der Waals surface area contributed by atoms with Gasteiger partial charge in [0.2, 0.25) is 0 Å². The van der Waals surface area contributed by atoms with E-state index in [4.69, 9.17) is 9.47 Å². The van der Waals surface area contributed by atoms with Gasteiger partial charge in [-0.15, -0.1) is 0 Å². The number of anilines is 1. The van der Waals surface area contributed by atoms with Crippen LogP contribution in [0.1, 0.15) is 23.2 Å². The van der Waals surface area contributed by atoms with Crippen molar-refractivity contribution in [1.82, 2.24) is 9.47 Å². The molecule has 3 aromatic rings. The maximum atomic E-state index is 13.1. The average Bonchev–Trinajstić information content (AvgIpc) is 3.25. The third-order valence-electron chi connectivity index (χ3n) is 5.30. The van der Waals surface area contributed by atoms with Crippen molar-refractivity contribution < 1.29 is 27.4 Å². The van der Waals surface area contributed by atoms with Gasteiger partial charge in [0, 0.05) is 38.7 Å². The van der Waals surface area contributed by atoms with Crippen molar-refractivity contribution in [2.45, 2.75) is 25.7 Å². The van der Waals surface area contributed by atoms with Crippen molar-refractivity contribution in [3.63, 3.8) is 0 Å². The number of hydrogen-bond donors (Lipinski definition) is 1. The number of hydrogen-bond acceptors (Lipinski definition) is 3. The van der Waals surface area contributed by atoms with Gasteiger partial charge in [0.1, 0.15) is 5.75 Å². The summed E-state index contributed by atoms with van der Waals surface area (Å²) in [4.78, 5) is 14.8. The van der Waals surface area contributed by atoms with Gasteiger partial charge in [-0.05, 0) is 48.4 Å². The van der Waals surface area contributed by atoms with E-state index in [-0.39, 0.29) is 19.1 Å². The lowest BCUT2D eigenvalue weighted by Gasteiger charge is -2.24. The Balaban J connectivity index is 1.77. The van der Waals surface area contributed by atoms with Crippen LogP contribution >= 0.6 is 0 Å². The number of aromatic nitrogens is 1. The Kier molecular flexibility index (Phi) is 8.59. The predicted octanol–water partition coefficient (Wildman–Crippen LogP) is 5.63. The molecule has 0 saturated carbocycles. The zero-order valence-electron chi connectivity index (χ0n) is 19.1. The summed E-state index contributed by atoms with van der Waals surface area (Å²) in [5, 5.41) is 2.88. The van der Waals surface area contributed by atoms with Crippen LogP contribution in [-0.4, -0.2) is 42.9 Å². The third-order valence-corrected chi connectivity index (χ3v) is 5.30. The summed E-state index contributed by atoms with van der Waals surface area (Å²) in [7, 11) is 3.13. The van der Waals surface area contributed by atoms with Crippen molar-refractivity contribution in [2.24, 2.45) is 0 Å². The molecule has 0 aliphatic heterocycles. The molecule has 34 heavy (non-hydrogen) atoms. The first-order chi connectivity index (χ1) is 16.3. The number of para-hydroxylation sites is 2. The van der Waals surface area contributed by atoms with Gasteiger partial charge >= 0.3 is 12.2 Å². The molecule has 0 saturated heterocycles. The van der Waals surface area contributed by atoms with Gasteiger partial charge in [0.15, 0.2) is 0 Å². The molecule has 0 bridgehead atoms. The summed E-state index contributed by atoms with van der Waals surface area (Å²) in [6, 6.07) is 15.7. The van der Waals surface area contributed by atoms with Gasteiger partial charge in [0.25, 0.3) is 0 Å². The van der Waals surface area contributed by atoms with Crippen LogP contribution in [0.3, 0.4) is 0 Å². The lowest BCUT2D eigenvalue weighted by atomic mass is 10.1. The fraction of sp³-hybridized carbons (Fsp3) is 0.320. The molecule has 1 N–H and O–H groups in total. The van der Waals surface area contributed by atoms with Crippen LogP contribution < -0.4 is 10.1 Å². The Morgan fingerprint density at radius 3 is 2.59 bits per heavy atom. The SMILES string of the molecule is COCCCN(Cc1cccn1Cc1cccc(C(F)(F)F)c1)C(=O)Nc1ccccc1OC. The van der Waals surface area contributed by atoms with Crippen molar-refractivity contribution in [2.75, 3.05) is 32.7 Å². The Hall–Kier alpha value is -3.46. The first-order valence-electron chi connectivity index (χ1n) is 10.8. The first kappa shape index (κ1) is 25.2. The summed E-state index contributed by atoms with van der Waals surface area (Å²) >= 11 is 0. The highest BCUT2D eigenvalue weighted by Gasteiger charge is 2.30. The van der Waals surface area contributed by atoms with Crippen molar-refractivity contribution in [3.05, 3.63) is 83.7 Å². The molecular weight excluding hydrogens is 447 g/mol. The van der Waals surface area contributed by atoms with Crippen LogP contribution in [0.25, 0.3) is 0 Å². The van der Waals surface area contributed by atoms with E-state index in [2.05, 4.69) is 5.32 Å². The third kappa shape index (κ3) is 6.77. The van der Waals surface area contributed by atoms with E-state index in [0.29, 0.717) is 36.6 Å². The van der Waals surface area contributed by atoms with E-state index < -0.39 is 11.7 Å². The van der Waals surface area contributed by atoms with Gasteiger partial charge in [-0.1, -0.05) is 24.3 Å². The van der Waals surface area contributed by atoms with E-state index in [1.807, 2.05) is 22.8 Å². The quantitative estimate of drug-likeness (QED) is 0.387. The largest absolute Gasteiger partial charge is 0.495 e. The maximum Gasteiger partial charge on any atom is 0.416 e. The number of ether oxygens (including phenoxy) is 2. The molecule has 3 rings (SSSR count). The zero-order chi connectivity index (χ0) is 24.6. The van der Waals surface area contributed by atoms with Crippen LogP contribution in [0.2, 0.25) is 0 Å². The average molecular weight is 476 g/mol. The van der Waals surface area contributed by atoms with Crippen LogP contribution in [0, 0.1) is 0 Å². The minimum Gasteiger partial charge on any atom is -0.495 e. The van der Waals surface area contributed by atoms with Crippen molar-refractivity contribution in [3.8, 4) is 5.75 Å². The number of carbonyl (C=O) groups is 1. The Bertz CT molecular complexity index is 1080. The number of halogens is 3. The molecule has 0 atom stereocenters. The van der Waals surface area contributed by atoms with Crippen LogP contribution in [-0.2, 0) is 24.0 Å². The highest BCUT2D eigenvalue weighted by molar-refractivity contribution is 5.90. The molecule has 6 nitrogen and oxygen atoms in total. The summed E-state index contributed by atoms with van der Waals surface area (Å²) in [6.07, 6.45) is -1.98. The minimum absolute atomic E-state index is 0.256. The number of carbonyl (C=O) groups excluding carboxylic acids is 1. The highest BCUT2D eigenvalue weighted by atomic mass is 19.4. The molecule has 2 aromatic carbocycles. The van der Waals surface area contributed by atoms with Crippen LogP contribution in [0.5, 0.6) is 5.75 Å². The number of amides is 2. The van der Waals surface area contributed by atoms with E-state index in [9.17, 15) is 18.0 Å². The molecule has 2 amide bonds. The van der Waals surface area contributed by atoms with Gasteiger partial charge in [-0.3, -0.25) is 0 Å². The molecule has 0 unspecified atom stereocenters. The van der Waals surface area contributed by atoms with E-state index in [0.717, 1.165) is 17.8 Å². The lowest BCUT2D eigenvalue weighted by Crippen LogP contribution is -2.36. The van der Waals surface area contributed by atoms with Crippen molar-refractivity contribution >= 4 is 11.7 Å². The van der Waals surface area contributed by atoms with E-state index >= 15 is 0 Å². The van der Waals surface area contributed by atoms with Crippen LogP contribution in [0.15, 0.2) is 66.9 Å². The number of nitrogens with one attached hydrogen (secondary N) is 1. The number of nitrogens with zero attached hydrogens (tertiary/aromatic N) is 2. The van der Waals surface area contributed by atoms with Gasteiger partial charge < -0.3 is 24.3 Å². The maximum absolute atomic E-state index is 13.1. The lowest BCUT2D eigenvalue weighted by molar-refractivity contribution is -0.137. The number of alkyl halides is 3. The highest BCUT2D eigenvalue weighted by Crippen LogP contribution is 2.30. The van der Waals surface area contributed by atoms with Crippen LogP contribution in [0.4, 0.5) is 23.7 Å². The standard InChI is InChI=1S/C25H28F3N3O3/c1-33-15-7-14-31(24(32)29-22-11-3-4-12-23(22)34-2)18-21-10-6-13-30(21)17-19-8-5-9-20(16-19)25(26,27)28/h3-6,8-13,16H,7,14-15,17-18H2,1-2H3,(H,29,32). The summed E-state index contributed by atoms with van der Waals surface area (Å²) < 4.78 is 51.6. The second-order valence-corrected chi connectivity index (χ2v) is 7.72. The number of rotatable bonds is 10. The summed E-state index contributed by atoms with van der Waals surface area (Å²) in [6.45, 7) is 1.45. The van der Waals surface area contributed by atoms with Gasteiger partial charge in [0.05, 0.1) is 24.9 Å². The number of urea groups is 1. The van der Waals surface area contributed by atoms with E-state index in [1.54, 1.807) is 42.5 Å². The predicted molar refractivity (Wildman–Crippen MR) is 124 cm³/mol. The monoisotopic (exact) mass is 475 g/mol. The molecule has 1 heterocycles. The topological polar surface area (TPSA) is 55.7 Å². The van der Waals surface area contributed by atoms with Crippen molar-refractivity contribution in [1.29, 1.82) is 0 Å².